The van der Waals surface area contributed by atoms with Crippen molar-refractivity contribution >= 4 is 33.5 Å². The number of aromatic nitrogens is 2. The third kappa shape index (κ3) is 2.86. The van der Waals surface area contributed by atoms with Crippen molar-refractivity contribution in [2.45, 2.75) is 13.0 Å². The molecule has 0 amide bonds. The molecule has 2 aromatic carbocycles. The van der Waals surface area contributed by atoms with E-state index in [1.54, 1.807) is 19.1 Å². The summed E-state index contributed by atoms with van der Waals surface area (Å²) >= 11 is 2.08. The number of benzene rings is 2. The van der Waals surface area contributed by atoms with Gasteiger partial charge in [0.15, 0.2) is 0 Å². The highest BCUT2D eigenvalue weighted by molar-refractivity contribution is 14.1. The van der Waals surface area contributed by atoms with E-state index in [2.05, 4.69) is 27.6 Å². The molecule has 23 heavy (non-hydrogen) atoms. The van der Waals surface area contributed by atoms with E-state index in [0.29, 0.717) is 10.9 Å². The summed E-state index contributed by atoms with van der Waals surface area (Å²) in [6.07, 6.45) is 0. The normalized spacial score (nSPS) is 12.6. The van der Waals surface area contributed by atoms with Crippen molar-refractivity contribution in [3.63, 3.8) is 0 Å². The molecule has 0 aliphatic carbocycles. The predicted molar refractivity (Wildman–Crippen MR) is 92.6 cm³/mol. The van der Waals surface area contributed by atoms with Crippen LogP contribution >= 0.6 is 22.6 Å². The fraction of sp³-hybridized carbons (Fsp3) is 0.125. The number of nitrogens with two attached hydrogens (primary N) is 1. The van der Waals surface area contributed by atoms with Crippen molar-refractivity contribution in [1.29, 1.82) is 0 Å². The van der Waals surface area contributed by atoms with E-state index in [4.69, 9.17) is 5.73 Å². The zero-order valence-corrected chi connectivity index (χ0v) is 14.2. The Morgan fingerprint density at radius 2 is 1.87 bits per heavy atom. The van der Waals surface area contributed by atoms with Gasteiger partial charge >= 0.3 is 0 Å². The molecule has 0 aliphatic rings. The number of fused-ring (bicyclic) bond motifs is 1. The fourth-order valence-corrected chi connectivity index (χ4v) is 3.03. The van der Waals surface area contributed by atoms with Crippen molar-refractivity contribution in [2.75, 3.05) is 0 Å². The molecule has 2 N–H and O–H groups in total. The standard InChI is InChI=1S/C16H12F2IN3O/c1-8(20)15-21-14-12(3-2-4-13(14)19)16(23)22(15)11-6-9(17)5-10(18)7-11/h2-8H,20H2,1H3/t8-/m0/s1. The van der Waals surface area contributed by atoms with E-state index in [9.17, 15) is 13.6 Å². The maximum absolute atomic E-state index is 13.5. The molecule has 3 rings (SSSR count). The van der Waals surface area contributed by atoms with Crippen LogP contribution in [0.1, 0.15) is 18.8 Å². The summed E-state index contributed by atoms with van der Waals surface area (Å²) in [6, 6.07) is 7.51. The van der Waals surface area contributed by atoms with Crippen LogP contribution in [-0.2, 0) is 0 Å². The first-order valence-corrected chi connectivity index (χ1v) is 7.89. The van der Waals surface area contributed by atoms with E-state index in [-0.39, 0.29) is 11.5 Å². The van der Waals surface area contributed by atoms with Crippen LogP contribution in [-0.4, -0.2) is 9.55 Å². The molecule has 0 saturated heterocycles. The fourth-order valence-electron chi connectivity index (χ4n) is 2.41. The summed E-state index contributed by atoms with van der Waals surface area (Å²) in [5, 5.41) is 0.367. The molecule has 0 bridgehead atoms. The van der Waals surface area contributed by atoms with Crippen molar-refractivity contribution in [1.82, 2.24) is 9.55 Å². The summed E-state index contributed by atoms with van der Waals surface area (Å²) in [5.74, 6) is -1.30. The number of rotatable bonds is 2. The molecule has 118 valence electrons. The lowest BCUT2D eigenvalue weighted by atomic mass is 10.2. The first-order chi connectivity index (χ1) is 10.9. The minimum absolute atomic E-state index is 0.0630. The van der Waals surface area contributed by atoms with Gasteiger partial charge < -0.3 is 5.73 Å². The molecule has 1 atom stereocenters. The lowest BCUT2D eigenvalue weighted by molar-refractivity contribution is 0.579. The summed E-state index contributed by atoms with van der Waals surface area (Å²) in [6.45, 7) is 1.66. The van der Waals surface area contributed by atoms with Crippen molar-refractivity contribution in [3.8, 4) is 5.69 Å². The Bertz CT molecular complexity index is 949. The summed E-state index contributed by atoms with van der Waals surface area (Å²) in [7, 11) is 0. The van der Waals surface area contributed by atoms with Crippen LogP contribution in [0.2, 0.25) is 0 Å². The monoisotopic (exact) mass is 427 g/mol. The lowest BCUT2D eigenvalue weighted by Crippen LogP contribution is -2.27. The van der Waals surface area contributed by atoms with E-state index in [1.807, 2.05) is 6.07 Å². The van der Waals surface area contributed by atoms with Gasteiger partial charge in [-0.25, -0.2) is 13.8 Å². The summed E-state index contributed by atoms with van der Waals surface area (Å²) < 4.78 is 29.1. The predicted octanol–water partition coefficient (Wildman–Crippen LogP) is 3.29. The number of para-hydroxylation sites is 1. The first-order valence-electron chi connectivity index (χ1n) is 6.81. The molecule has 0 unspecified atom stereocenters. The van der Waals surface area contributed by atoms with E-state index < -0.39 is 23.2 Å². The molecule has 0 spiro atoms. The second-order valence-electron chi connectivity index (χ2n) is 5.16. The number of nitrogens with zero attached hydrogens (tertiary/aromatic N) is 2. The zero-order valence-electron chi connectivity index (χ0n) is 12.1. The maximum atomic E-state index is 13.5. The van der Waals surface area contributed by atoms with Gasteiger partial charge in [-0.1, -0.05) is 6.07 Å². The van der Waals surface area contributed by atoms with Crippen LogP contribution in [0.5, 0.6) is 0 Å². The molecule has 4 nitrogen and oxygen atoms in total. The van der Waals surface area contributed by atoms with Crippen LogP contribution in [0, 0.1) is 15.2 Å². The highest BCUT2D eigenvalue weighted by Gasteiger charge is 2.17. The minimum Gasteiger partial charge on any atom is -0.322 e. The number of hydrogen-bond donors (Lipinski definition) is 1. The van der Waals surface area contributed by atoms with Gasteiger partial charge in [0.25, 0.3) is 5.56 Å². The molecular formula is C16H12F2IN3O. The molecule has 1 heterocycles. The van der Waals surface area contributed by atoms with Crippen molar-refractivity contribution in [3.05, 3.63) is 67.8 Å². The average molecular weight is 427 g/mol. The van der Waals surface area contributed by atoms with Crippen LogP contribution in [0.25, 0.3) is 16.6 Å². The number of hydrogen-bond acceptors (Lipinski definition) is 3. The molecule has 3 aromatic rings. The van der Waals surface area contributed by atoms with Crippen molar-refractivity contribution < 1.29 is 8.78 Å². The van der Waals surface area contributed by atoms with Gasteiger partial charge in [-0.2, -0.15) is 0 Å². The van der Waals surface area contributed by atoms with E-state index >= 15 is 0 Å². The largest absolute Gasteiger partial charge is 0.322 e. The zero-order chi connectivity index (χ0) is 16.7. The molecule has 0 saturated carbocycles. The molecular weight excluding hydrogens is 415 g/mol. The van der Waals surface area contributed by atoms with Gasteiger partial charge in [0, 0.05) is 9.64 Å². The quantitative estimate of drug-likeness (QED) is 0.639. The Balaban J connectivity index is 2.46. The minimum atomic E-state index is -0.773. The average Bonchev–Trinajstić information content (AvgIpc) is 2.46. The topological polar surface area (TPSA) is 60.9 Å². The van der Waals surface area contributed by atoms with E-state index in [0.717, 1.165) is 26.3 Å². The van der Waals surface area contributed by atoms with Gasteiger partial charge in [-0.05, 0) is 53.8 Å². The van der Waals surface area contributed by atoms with Gasteiger partial charge in [0.05, 0.1) is 22.6 Å². The summed E-state index contributed by atoms with van der Waals surface area (Å²) in [4.78, 5) is 17.3. The maximum Gasteiger partial charge on any atom is 0.266 e. The Kier molecular flexibility index (Phi) is 4.15. The third-order valence-corrected chi connectivity index (χ3v) is 4.26. The number of halogens is 3. The van der Waals surface area contributed by atoms with Crippen LogP contribution in [0.3, 0.4) is 0 Å². The molecule has 1 aromatic heterocycles. The smallest absolute Gasteiger partial charge is 0.266 e. The molecule has 0 radical (unpaired) electrons. The van der Waals surface area contributed by atoms with Gasteiger partial charge in [0.2, 0.25) is 0 Å². The third-order valence-electron chi connectivity index (χ3n) is 3.39. The highest BCUT2D eigenvalue weighted by atomic mass is 127. The Morgan fingerprint density at radius 3 is 2.48 bits per heavy atom. The second-order valence-corrected chi connectivity index (χ2v) is 6.33. The second kappa shape index (κ2) is 5.97. The first kappa shape index (κ1) is 16.0. The lowest BCUT2D eigenvalue weighted by Gasteiger charge is -2.16. The molecule has 0 fully saturated rings. The van der Waals surface area contributed by atoms with Gasteiger partial charge in [0.1, 0.15) is 17.5 Å². The molecule has 0 aliphatic heterocycles. The van der Waals surface area contributed by atoms with Crippen LogP contribution in [0.15, 0.2) is 41.2 Å². The Labute approximate surface area is 144 Å². The van der Waals surface area contributed by atoms with Gasteiger partial charge in [-0.3, -0.25) is 9.36 Å². The highest BCUT2D eigenvalue weighted by Crippen LogP contribution is 2.21. The van der Waals surface area contributed by atoms with Crippen molar-refractivity contribution in [2.24, 2.45) is 5.73 Å². The van der Waals surface area contributed by atoms with E-state index in [1.165, 1.54) is 0 Å². The Hall–Kier alpha value is -1.87. The molecule has 7 heteroatoms. The summed E-state index contributed by atoms with van der Waals surface area (Å²) in [5.41, 5.74) is 6.10. The Morgan fingerprint density at radius 1 is 1.22 bits per heavy atom. The SMILES string of the molecule is C[C@H](N)c1nc2c(I)cccc2c(=O)n1-c1cc(F)cc(F)c1. The van der Waals surface area contributed by atoms with Crippen LogP contribution in [0.4, 0.5) is 8.78 Å². The van der Waals surface area contributed by atoms with Crippen LogP contribution < -0.4 is 11.3 Å². The van der Waals surface area contributed by atoms with Gasteiger partial charge in [-0.15, -0.1) is 0 Å².